The smallest absolute Gasteiger partial charge is 0.248 e. The lowest BCUT2D eigenvalue weighted by atomic mass is 9.97. The van der Waals surface area contributed by atoms with Crippen molar-refractivity contribution >= 4 is 17.2 Å². The Bertz CT molecular complexity index is 876. The molecule has 26 heavy (non-hydrogen) atoms. The highest BCUT2D eigenvalue weighted by molar-refractivity contribution is 7.08. The van der Waals surface area contributed by atoms with Crippen molar-refractivity contribution in [1.82, 2.24) is 15.5 Å². The highest BCUT2D eigenvalue weighted by Gasteiger charge is 2.21. The van der Waals surface area contributed by atoms with Gasteiger partial charge in [-0.1, -0.05) is 24.3 Å². The minimum atomic E-state index is -0.0856. The largest absolute Gasteiger partial charge is 0.421 e. The normalized spacial score (nSPS) is 16.2. The van der Waals surface area contributed by atoms with Gasteiger partial charge in [0.05, 0.1) is 6.61 Å². The lowest BCUT2D eigenvalue weighted by molar-refractivity contribution is -0.121. The molecule has 3 heterocycles. The molecule has 0 saturated carbocycles. The number of hydrogen-bond acceptors (Lipinski definition) is 6. The number of thiophene rings is 1. The van der Waals surface area contributed by atoms with E-state index >= 15 is 0 Å². The molecule has 134 valence electrons. The lowest BCUT2D eigenvalue weighted by Crippen LogP contribution is -2.32. The topological polar surface area (TPSA) is 77.2 Å². The number of rotatable bonds is 6. The van der Waals surface area contributed by atoms with Crippen molar-refractivity contribution in [1.29, 1.82) is 0 Å². The number of aryl methyl sites for hydroxylation is 1. The molecule has 4 rings (SSSR count). The summed E-state index contributed by atoms with van der Waals surface area (Å²) in [7, 11) is 0. The summed E-state index contributed by atoms with van der Waals surface area (Å²) in [6.45, 7) is 1.16. The summed E-state index contributed by atoms with van der Waals surface area (Å²) in [4.78, 5) is 12.2. The molecule has 3 aromatic rings. The number of fused-ring (bicyclic) bond motifs is 1. The number of aromatic nitrogens is 2. The summed E-state index contributed by atoms with van der Waals surface area (Å²) in [5.74, 6) is 0.918. The summed E-state index contributed by atoms with van der Waals surface area (Å²) >= 11 is 1.57. The predicted octanol–water partition coefficient (Wildman–Crippen LogP) is 3.16. The Morgan fingerprint density at radius 1 is 1.27 bits per heavy atom. The molecule has 0 aliphatic carbocycles. The first-order valence-electron chi connectivity index (χ1n) is 8.60. The van der Waals surface area contributed by atoms with Crippen LogP contribution in [0.3, 0.4) is 0 Å². The molecule has 2 aromatic heterocycles. The van der Waals surface area contributed by atoms with E-state index in [1.165, 1.54) is 5.56 Å². The molecule has 1 amide bonds. The number of amides is 1. The van der Waals surface area contributed by atoms with Crippen molar-refractivity contribution in [2.75, 3.05) is 13.2 Å². The van der Waals surface area contributed by atoms with Gasteiger partial charge >= 0.3 is 0 Å². The summed E-state index contributed by atoms with van der Waals surface area (Å²) in [6.07, 6.45) is 1.56. The first kappa shape index (κ1) is 16.9. The number of carbonyl (C=O) groups excluding carboxylic acids is 1. The molecule has 1 N–H and O–H groups in total. The molecule has 1 aliphatic heterocycles. The van der Waals surface area contributed by atoms with E-state index in [4.69, 9.17) is 9.15 Å². The van der Waals surface area contributed by atoms with Crippen LogP contribution in [-0.2, 0) is 22.4 Å². The first-order valence-corrected chi connectivity index (χ1v) is 9.55. The molecule has 1 aliphatic rings. The van der Waals surface area contributed by atoms with Gasteiger partial charge < -0.3 is 14.5 Å². The van der Waals surface area contributed by atoms with Gasteiger partial charge in [0.25, 0.3) is 0 Å². The van der Waals surface area contributed by atoms with E-state index in [9.17, 15) is 4.79 Å². The summed E-state index contributed by atoms with van der Waals surface area (Å²) in [6, 6.07) is 10.2. The average Bonchev–Trinajstić information content (AvgIpc) is 3.36. The van der Waals surface area contributed by atoms with Crippen molar-refractivity contribution in [2.24, 2.45) is 0 Å². The fourth-order valence-corrected chi connectivity index (χ4v) is 3.65. The summed E-state index contributed by atoms with van der Waals surface area (Å²) < 4.78 is 11.4. The van der Waals surface area contributed by atoms with Crippen molar-refractivity contribution in [3.8, 4) is 11.5 Å². The Labute approximate surface area is 155 Å². The maximum absolute atomic E-state index is 12.2. The van der Waals surface area contributed by atoms with Crippen LogP contribution in [0.5, 0.6) is 0 Å². The van der Waals surface area contributed by atoms with E-state index in [1.54, 1.807) is 11.3 Å². The zero-order chi connectivity index (χ0) is 17.8. The second-order valence-electron chi connectivity index (χ2n) is 6.13. The SMILES string of the molecule is O=C(CCc1nnc(-c2ccsc2)o1)NC[C@H]1OCCc2ccccc21. The van der Waals surface area contributed by atoms with Crippen LogP contribution in [0.25, 0.3) is 11.5 Å². The molecule has 1 atom stereocenters. The van der Waals surface area contributed by atoms with Crippen molar-refractivity contribution in [3.05, 3.63) is 58.1 Å². The van der Waals surface area contributed by atoms with E-state index in [0.29, 0.717) is 37.8 Å². The predicted molar refractivity (Wildman–Crippen MR) is 97.8 cm³/mol. The quantitative estimate of drug-likeness (QED) is 0.722. The zero-order valence-electron chi connectivity index (χ0n) is 14.2. The van der Waals surface area contributed by atoms with Crippen LogP contribution in [0.1, 0.15) is 29.5 Å². The molecule has 0 unspecified atom stereocenters. The third kappa shape index (κ3) is 3.84. The van der Waals surface area contributed by atoms with E-state index in [1.807, 2.05) is 29.0 Å². The molecular weight excluding hydrogens is 350 g/mol. The minimum Gasteiger partial charge on any atom is -0.421 e. The van der Waals surface area contributed by atoms with Gasteiger partial charge in [0.15, 0.2) is 0 Å². The number of nitrogens with zero attached hydrogens (tertiary/aromatic N) is 2. The van der Waals surface area contributed by atoms with E-state index < -0.39 is 0 Å². The Hall–Kier alpha value is -2.51. The van der Waals surface area contributed by atoms with Gasteiger partial charge in [-0.3, -0.25) is 4.79 Å². The van der Waals surface area contributed by atoms with Crippen LogP contribution in [0, 0.1) is 0 Å². The van der Waals surface area contributed by atoms with Gasteiger partial charge in [-0.05, 0) is 29.0 Å². The third-order valence-electron chi connectivity index (χ3n) is 4.38. The Morgan fingerprint density at radius 3 is 3.08 bits per heavy atom. The maximum Gasteiger partial charge on any atom is 0.248 e. The Morgan fingerprint density at radius 2 is 2.19 bits per heavy atom. The highest BCUT2D eigenvalue weighted by Crippen LogP contribution is 2.26. The van der Waals surface area contributed by atoms with Crippen molar-refractivity contribution in [2.45, 2.75) is 25.4 Å². The van der Waals surface area contributed by atoms with Gasteiger partial charge in [-0.15, -0.1) is 10.2 Å². The maximum atomic E-state index is 12.2. The zero-order valence-corrected chi connectivity index (χ0v) is 15.0. The standard InChI is InChI=1S/C19H19N3O3S/c23-17(5-6-18-21-22-19(25-18)14-8-10-26-12-14)20-11-16-15-4-2-1-3-13(15)7-9-24-16/h1-4,8,10,12,16H,5-7,9,11H2,(H,20,23)/t16-/m1/s1. The van der Waals surface area contributed by atoms with Crippen LogP contribution in [0.4, 0.5) is 0 Å². The van der Waals surface area contributed by atoms with Gasteiger partial charge in [0.2, 0.25) is 17.7 Å². The monoisotopic (exact) mass is 369 g/mol. The average molecular weight is 369 g/mol. The minimum absolute atomic E-state index is 0.0491. The fourth-order valence-electron chi connectivity index (χ4n) is 3.02. The molecule has 0 bridgehead atoms. The lowest BCUT2D eigenvalue weighted by Gasteiger charge is -2.26. The highest BCUT2D eigenvalue weighted by atomic mass is 32.1. The van der Waals surface area contributed by atoms with Crippen molar-refractivity contribution < 1.29 is 13.9 Å². The third-order valence-corrected chi connectivity index (χ3v) is 5.06. The van der Waals surface area contributed by atoms with E-state index in [2.05, 4.69) is 27.6 Å². The number of benzene rings is 1. The van der Waals surface area contributed by atoms with Crippen molar-refractivity contribution in [3.63, 3.8) is 0 Å². The van der Waals surface area contributed by atoms with Crippen LogP contribution >= 0.6 is 11.3 Å². The number of nitrogens with one attached hydrogen (secondary N) is 1. The van der Waals surface area contributed by atoms with Crippen LogP contribution in [0.2, 0.25) is 0 Å². The summed E-state index contributed by atoms with van der Waals surface area (Å²) in [5.41, 5.74) is 3.37. The first-order chi connectivity index (χ1) is 12.8. The molecule has 1 aromatic carbocycles. The number of hydrogen-bond donors (Lipinski definition) is 1. The molecule has 0 spiro atoms. The second-order valence-corrected chi connectivity index (χ2v) is 6.91. The molecule has 7 heteroatoms. The van der Waals surface area contributed by atoms with E-state index in [-0.39, 0.29) is 12.0 Å². The van der Waals surface area contributed by atoms with Gasteiger partial charge in [-0.2, -0.15) is 11.3 Å². The van der Waals surface area contributed by atoms with Gasteiger partial charge in [-0.25, -0.2) is 0 Å². The number of ether oxygens (including phenoxy) is 1. The molecular formula is C19H19N3O3S. The molecule has 0 saturated heterocycles. The van der Waals surface area contributed by atoms with Gasteiger partial charge in [0, 0.05) is 30.3 Å². The Balaban J connectivity index is 1.28. The van der Waals surface area contributed by atoms with Crippen LogP contribution < -0.4 is 5.32 Å². The van der Waals surface area contributed by atoms with Crippen LogP contribution in [0.15, 0.2) is 45.5 Å². The molecule has 0 radical (unpaired) electrons. The molecule has 6 nitrogen and oxygen atoms in total. The summed E-state index contributed by atoms with van der Waals surface area (Å²) in [5, 5.41) is 14.9. The van der Waals surface area contributed by atoms with E-state index in [0.717, 1.165) is 17.5 Å². The second kappa shape index (κ2) is 7.80. The Kier molecular flexibility index (Phi) is 5.08. The molecule has 0 fully saturated rings. The van der Waals surface area contributed by atoms with Crippen LogP contribution in [-0.4, -0.2) is 29.3 Å². The van der Waals surface area contributed by atoms with Gasteiger partial charge in [0.1, 0.15) is 6.10 Å². The fraction of sp³-hybridized carbons (Fsp3) is 0.316. The number of carbonyl (C=O) groups is 1.